The van der Waals surface area contributed by atoms with Crippen molar-refractivity contribution in [2.75, 3.05) is 13.2 Å². The summed E-state index contributed by atoms with van der Waals surface area (Å²) >= 11 is 1.17. The lowest BCUT2D eigenvalue weighted by atomic mass is 10.1. The third kappa shape index (κ3) is 3.77. The summed E-state index contributed by atoms with van der Waals surface area (Å²) in [5, 5.41) is 16.9. The molecule has 0 bridgehead atoms. The topological polar surface area (TPSA) is 106 Å². The third-order valence-corrected chi connectivity index (χ3v) is 5.81. The van der Waals surface area contributed by atoms with Gasteiger partial charge in [0.25, 0.3) is 5.91 Å². The molecule has 1 aliphatic rings. The lowest BCUT2D eigenvalue weighted by molar-refractivity contribution is 0.0942. The van der Waals surface area contributed by atoms with Crippen LogP contribution in [0.5, 0.6) is 5.06 Å². The molecule has 1 aliphatic heterocycles. The maximum absolute atomic E-state index is 13.4. The molecule has 0 radical (unpaired) electrons. The number of amides is 1. The molecule has 0 fully saturated rings. The molecular formula is C20H17F2N5O2S. The first kappa shape index (κ1) is 20.0. The van der Waals surface area contributed by atoms with Crippen molar-refractivity contribution in [2.45, 2.75) is 19.0 Å². The van der Waals surface area contributed by atoms with Crippen LogP contribution < -0.4 is 15.8 Å². The van der Waals surface area contributed by atoms with Gasteiger partial charge >= 0.3 is 0 Å². The van der Waals surface area contributed by atoms with Crippen LogP contribution in [0.1, 0.15) is 20.8 Å². The monoisotopic (exact) mass is 429 g/mol. The number of carbonyl (C=O) groups is 1. The van der Waals surface area contributed by atoms with Gasteiger partial charge in [0.05, 0.1) is 34.4 Å². The van der Waals surface area contributed by atoms with Crippen LogP contribution in [0.25, 0.3) is 11.3 Å². The van der Waals surface area contributed by atoms with E-state index in [0.717, 1.165) is 12.1 Å². The van der Waals surface area contributed by atoms with Crippen molar-refractivity contribution in [3.8, 4) is 22.4 Å². The van der Waals surface area contributed by atoms with E-state index < -0.39 is 17.7 Å². The molecule has 154 valence electrons. The van der Waals surface area contributed by atoms with Gasteiger partial charge in [-0.25, -0.2) is 8.78 Å². The molecule has 3 aromatic rings. The highest BCUT2D eigenvalue weighted by Crippen LogP contribution is 2.41. The molecule has 4 rings (SSSR count). The van der Waals surface area contributed by atoms with E-state index >= 15 is 0 Å². The number of nitrogens with two attached hydrogens (primary N) is 1. The Kier molecular flexibility index (Phi) is 5.48. The van der Waals surface area contributed by atoms with Crippen LogP contribution >= 0.6 is 11.3 Å². The minimum atomic E-state index is -0.946. The normalized spacial score (nSPS) is 13.4. The van der Waals surface area contributed by atoms with E-state index in [1.54, 1.807) is 10.7 Å². The summed E-state index contributed by atoms with van der Waals surface area (Å²) in [7, 11) is 0. The highest BCUT2D eigenvalue weighted by molar-refractivity contribution is 7.16. The Labute approximate surface area is 174 Å². The molecule has 0 unspecified atom stereocenters. The van der Waals surface area contributed by atoms with Crippen molar-refractivity contribution < 1.29 is 18.3 Å². The number of carbonyl (C=O) groups excluding carboxylic acids is 1. The van der Waals surface area contributed by atoms with Crippen LogP contribution in [0.2, 0.25) is 0 Å². The number of nitrogens with zero attached hydrogens (tertiary/aromatic N) is 3. The van der Waals surface area contributed by atoms with Crippen LogP contribution in [-0.2, 0) is 13.0 Å². The molecule has 1 aromatic carbocycles. The Balaban J connectivity index is 1.55. The van der Waals surface area contributed by atoms with Crippen molar-refractivity contribution in [2.24, 2.45) is 5.73 Å². The Bertz CT molecular complexity index is 1150. The van der Waals surface area contributed by atoms with Gasteiger partial charge < -0.3 is 15.8 Å². The lowest BCUT2D eigenvalue weighted by Crippen LogP contribution is -2.41. The van der Waals surface area contributed by atoms with E-state index in [1.165, 1.54) is 23.6 Å². The standard InChI is InChI=1S/C20H17F2N5O2S/c21-15-2-1-11(6-16(15)22)5-13(9-24)26-19(28)17-7-14-18-12(8-23)10-25-27(18)3-4-29-20(14)30-17/h1-2,6-7,10,13H,3-5,9,24H2,(H,26,28)/t13-/m0/s1. The largest absolute Gasteiger partial charge is 0.481 e. The fraction of sp³-hybridized carbons (Fsp3) is 0.250. The average Bonchev–Trinajstić information content (AvgIpc) is 3.30. The summed E-state index contributed by atoms with van der Waals surface area (Å²) < 4.78 is 34.0. The number of ether oxygens (including phenoxy) is 1. The first-order valence-corrected chi connectivity index (χ1v) is 9.99. The van der Waals surface area contributed by atoms with Crippen molar-refractivity contribution in [1.29, 1.82) is 5.26 Å². The molecule has 0 spiro atoms. The maximum atomic E-state index is 13.4. The molecule has 0 aliphatic carbocycles. The Morgan fingerprint density at radius 2 is 2.23 bits per heavy atom. The highest BCUT2D eigenvalue weighted by atomic mass is 32.1. The molecule has 3 N–H and O–H groups in total. The van der Waals surface area contributed by atoms with Crippen LogP contribution in [0.15, 0.2) is 30.5 Å². The van der Waals surface area contributed by atoms with Crippen LogP contribution in [-0.4, -0.2) is 34.9 Å². The van der Waals surface area contributed by atoms with Crippen LogP contribution in [0.4, 0.5) is 8.78 Å². The molecular weight excluding hydrogens is 412 g/mol. The number of nitrogens with one attached hydrogen (secondary N) is 1. The third-order valence-electron chi connectivity index (χ3n) is 4.76. The van der Waals surface area contributed by atoms with Crippen molar-refractivity contribution in [3.05, 3.63) is 58.1 Å². The van der Waals surface area contributed by atoms with Gasteiger partial charge in [0, 0.05) is 12.6 Å². The molecule has 7 nitrogen and oxygen atoms in total. The van der Waals surface area contributed by atoms with Gasteiger partial charge in [-0.3, -0.25) is 9.48 Å². The summed E-state index contributed by atoms with van der Waals surface area (Å²) in [5.41, 5.74) is 7.96. The van der Waals surface area contributed by atoms with E-state index in [-0.39, 0.29) is 18.9 Å². The predicted molar refractivity (Wildman–Crippen MR) is 106 cm³/mol. The summed E-state index contributed by atoms with van der Waals surface area (Å²) in [6, 6.07) is 6.91. The average molecular weight is 429 g/mol. The maximum Gasteiger partial charge on any atom is 0.261 e. The van der Waals surface area contributed by atoms with Gasteiger partial charge in [0.15, 0.2) is 16.7 Å². The van der Waals surface area contributed by atoms with Crippen LogP contribution in [0.3, 0.4) is 0 Å². The smallest absolute Gasteiger partial charge is 0.261 e. The van der Waals surface area contributed by atoms with Gasteiger partial charge in [-0.1, -0.05) is 17.4 Å². The first-order valence-electron chi connectivity index (χ1n) is 9.18. The van der Waals surface area contributed by atoms with Gasteiger partial charge in [-0.15, -0.1) is 0 Å². The number of thiophene rings is 1. The molecule has 10 heteroatoms. The Hall–Kier alpha value is -3.29. The zero-order chi connectivity index (χ0) is 21.3. The molecule has 0 saturated carbocycles. The Morgan fingerprint density at radius 1 is 1.40 bits per heavy atom. The van der Waals surface area contributed by atoms with Gasteiger partial charge in [-0.2, -0.15) is 10.4 Å². The number of rotatable bonds is 5. The second-order valence-corrected chi connectivity index (χ2v) is 7.78. The molecule has 1 amide bonds. The van der Waals surface area contributed by atoms with Gasteiger partial charge in [-0.05, 0) is 30.2 Å². The van der Waals surface area contributed by atoms with E-state index in [1.807, 2.05) is 0 Å². The second-order valence-electron chi connectivity index (χ2n) is 6.76. The first-order chi connectivity index (χ1) is 14.5. The van der Waals surface area contributed by atoms with Gasteiger partial charge in [0.2, 0.25) is 0 Å². The van der Waals surface area contributed by atoms with Gasteiger partial charge in [0.1, 0.15) is 12.7 Å². The predicted octanol–water partition coefficient (Wildman–Crippen LogP) is 2.45. The highest BCUT2D eigenvalue weighted by Gasteiger charge is 2.26. The molecule has 1 atom stereocenters. The minimum absolute atomic E-state index is 0.123. The quantitative estimate of drug-likeness (QED) is 0.648. The zero-order valence-electron chi connectivity index (χ0n) is 15.7. The fourth-order valence-corrected chi connectivity index (χ4v) is 4.24. The minimum Gasteiger partial charge on any atom is -0.481 e. The van der Waals surface area contributed by atoms with Crippen molar-refractivity contribution >= 4 is 17.2 Å². The summed E-state index contributed by atoms with van der Waals surface area (Å²) in [4.78, 5) is 13.2. The molecule has 3 heterocycles. The number of aromatic nitrogens is 2. The number of fused-ring (bicyclic) bond motifs is 3. The Morgan fingerprint density at radius 3 is 2.97 bits per heavy atom. The second kappa shape index (κ2) is 8.22. The molecule has 2 aromatic heterocycles. The van der Waals surface area contributed by atoms with Crippen molar-refractivity contribution in [3.63, 3.8) is 0 Å². The SMILES string of the molecule is N#Cc1cnn2c1-c1cc(C(=O)N[C@H](CN)Cc3ccc(F)c(F)c3)sc1OCC2. The zero-order valence-corrected chi connectivity index (χ0v) is 16.5. The number of hydrogen-bond acceptors (Lipinski definition) is 6. The van der Waals surface area contributed by atoms with E-state index in [0.29, 0.717) is 45.5 Å². The fourth-order valence-electron chi connectivity index (χ4n) is 3.31. The number of hydrogen-bond donors (Lipinski definition) is 2. The molecule has 0 saturated heterocycles. The summed E-state index contributed by atoms with van der Waals surface area (Å²) in [6.07, 6.45) is 1.75. The summed E-state index contributed by atoms with van der Waals surface area (Å²) in [6.45, 7) is 0.997. The number of benzene rings is 1. The van der Waals surface area contributed by atoms with Crippen molar-refractivity contribution in [1.82, 2.24) is 15.1 Å². The lowest BCUT2D eigenvalue weighted by Gasteiger charge is -2.16. The molecule has 30 heavy (non-hydrogen) atoms. The van der Waals surface area contributed by atoms with E-state index in [4.69, 9.17) is 10.5 Å². The van der Waals surface area contributed by atoms with E-state index in [9.17, 15) is 18.8 Å². The van der Waals surface area contributed by atoms with Crippen LogP contribution in [0, 0.1) is 23.0 Å². The number of nitriles is 1. The number of halogens is 2. The summed E-state index contributed by atoms with van der Waals surface area (Å²) in [5.74, 6) is -2.24. The van der Waals surface area contributed by atoms with E-state index in [2.05, 4.69) is 16.5 Å².